The lowest BCUT2D eigenvalue weighted by molar-refractivity contribution is -0.614. The molecule has 192 valence electrons. The van der Waals surface area contributed by atoms with E-state index in [4.69, 9.17) is 5.73 Å². The molecule has 2 aliphatic heterocycles. The Morgan fingerprint density at radius 1 is 1.33 bits per heavy atom. The molecular weight excluding hydrogens is 506 g/mol. The number of aromatic nitrogens is 2. The fourth-order valence-corrected chi connectivity index (χ4v) is 5.23. The van der Waals surface area contributed by atoms with E-state index in [2.05, 4.69) is 19.8 Å². The number of carbonyl (C=O) groups is 1. The summed E-state index contributed by atoms with van der Waals surface area (Å²) in [6.45, 7) is 1.39. The Bertz CT molecular complexity index is 1290. The Kier molecular flexibility index (Phi) is 5.92. The van der Waals surface area contributed by atoms with Gasteiger partial charge in [0.05, 0.1) is 28.7 Å². The second-order valence-corrected chi connectivity index (χ2v) is 9.69. The predicted molar refractivity (Wildman–Crippen MR) is 121 cm³/mol. The lowest BCUT2D eigenvalue weighted by atomic mass is 9.86. The smallest absolute Gasteiger partial charge is 0.586 e. The Balaban J connectivity index is 1.30. The van der Waals surface area contributed by atoms with Crippen molar-refractivity contribution >= 4 is 32.6 Å². The summed E-state index contributed by atoms with van der Waals surface area (Å²) < 4.78 is 66.1. The van der Waals surface area contributed by atoms with Gasteiger partial charge in [0.1, 0.15) is 0 Å². The van der Waals surface area contributed by atoms with Crippen LogP contribution in [0.25, 0.3) is 10.2 Å². The van der Waals surface area contributed by atoms with Crippen molar-refractivity contribution in [2.45, 2.75) is 44.1 Å². The minimum absolute atomic E-state index is 0.00826. The van der Waals surface area contributed by atoms with Gasteiger partial charge in [0.2, 0.25) is 11.6 Å². The number of benzene rings is 1. The molecule has 9 nitrogen and oxygen atoms in total. The normalized spacial score (nSPS) is 21.4. The molecule has 0 saturated carbocycles. The van der Waals surface area contributed by atoms with Crippen molar-refractivity contribution in [1.82, 2.24) is 9.88 Å². The van der Waals surface area contributed by atoms with Crippen LogP contribution in [0.15, 0.2) is 30.5 Å². The molecule has 1 aromatic carbocycles. The molecule has 0 bridgehead atoms. The fraction of sp³-hybridized carbons (Fsp3) is 0.409. The first kappa shape index (κ1) is 24.5. The first-order valence-corrected chi connectivity index (χ1v) is 11.8. The minimum atomic E-state index is -3.75. The number of halogens is 4. The van der Waals surface area contributed by atoms with Crippen molar-refractivity contribution < 1.29 is 36.6 Å². The van der Waals surface area contributed by atoms with Crippen LogP contribution >= 0.6 is 11.3 Å². The van der Waals surface area contributed by atoms with Crippen LogP contribution in [0.5, 0.6) is 11.5 Å². The van der Waals surface area contributed by atoms with Gasteiger partial charge in [0.25, 0.3) is 5.92 Å². The van der Waals surface area contributed by atoms with Gasteiger partial charge in [-0.3, -0.25) is 9.69 Å². The molecule has 4 heterocycles. The number of hydrogen-bond acceptors (Lipinski definition) is 8. The maximum atomic E-state index is 14.8. The highest BCUT2D eigenvalue weighted by Gasteiger charge is 2.47. The number of pyridine rings is 1. The summed E-state index contributed by atoms with van der Waals surface area (Å²) in [5.74, 6) is -5.01. The number of alkyl halides is 4. The summed E-state index contributed by atoms with van der Waals surface area (Å²) in [6, 6.07) is 4.59. The summed E-state index contributed by atoms with van der Waals surface area (Å²) >= 11 is 1.05. The van der Waals surface area contributed by atoms with Crippen LogP contribution < -0.4 is 25.3 Å². The second-order valence-electron chi connectivity index (χ2n) is 8.66. The van der Waals surface area contributed by atoms with Crippen molar-refractivity contribution in [2.75, 3.05) is 18.4 Å². The number of fused-ring (bicyclic) bond motifs is 2. The zero-order chi connectivity index (χ0) is 25.8. The average Bonchev–Trinajstić information content (AvgIpc) is 3.33. The average molecular weight is 528 g/mol. The molecule has 1 amide bonds. The molecule has 1 fully saturated rings. The van der Waals surface area contributed by atoms with E-state index in [-0.39, 0.29) is 47.5 Å². The van der Waals surface area contributed by atoms with Crippen molar-refractivity contribution in [3.8, 4) is 11.5 Å². The number of amides is 1. The summed E-state index contributed by atoms with van der Waals surface area (Å²) in [5, 5.41) is 14.7. The van der Waals surface area contributed by atoms with Crippen molar-refractivity contribution in [1.29, 1.82) is 0 Å². The van der Waals surface area contributed by atoms with Crippen LogP contribution in [-0.2, 0) is 11.3 Å². The third kappa shape index (κ3) is 4.51. The molecular formula is C22H21F4N5O4S. The molecule has 14 heteroatoms. The first-order chi connectivity index (χ1) is 17.0. The number of rotatable bonds is 5. The van der Waals surface area contributed by atoms with E-state index < -0.39 is 36.5 Å². The van der Waals surface area contributed by atoms with E-state index in [0.29, 0.717) is 14.9 Å². The van der Waals surface area contributed by atoms with E-state index in [9.17, 15) is 27.6 Å². The topological polar surface area (TPSA) is 117 Å². The Morgan fingerprint density at radius 3 is 2.78 bits per heavy atom. The molecule has 36 heavy (non-hydrogen) atoms. The maximum absolute atomic E-state index is 14.8. The highest BCUT2D eigenvalue weighted by molar-refractivity contribution is 7.22. The molecule has 1 saturated heterocycles. The van der Waals surface area contributed by atoms with Gasteiger partial charge in [-0.15, -0.1) is 8.78 Å². The summed E-state index contributed by atoms with van der Waals surface area (Å²) in [4.78, 5) is 18.8. The van der Waals surface area contributed by atoms with E-state index in [1.807, 2.05) is 0 Å². The van der Waals surface area contributed by atoms with Crippen molar-refractivity contribution in [3.63, 3.8) is 0 Å². The molecule has 0 unspecified atom stereocenters. The van der Waals surface area contributed by atoms with Crippen LogP contribution in [-0.4, -0.2) is 47.1 Å². The van der Waals surface area contributed by atoms with E-state index in [1.54, 1.807) is 11.8 Å². The Morgan fingerprint density at radius 2 is 2.06 bits per heavy atom. The SMILES string of the molecule is C[C@@H](C(=O)Nc1nc2cc3c(cc2s1)OC(F)(F)O3)N1CCC(F)(F)[C@@H](c2cc[n+]([O-])c(CN)c2)C1. The number of thiazole rings is 1. The van der Waals surface area contributed by atoms with Gasteiger partial charge >= 0.3 is 6.29 Å². The van der Waals surface area contributed by atoms with Crippen LogP contribution in [0.1, 0.15) is 30.5 Å². The van der Waals surface area contributed by atoms with Gasteiger partial charge in [-0.1, -0.05) is 11.3 Å². The monoisotopic (exact) mass is 527 g/mol. The van der Waals surface area contributed by atoms with E-state index in [0.717, 1.165) is 17.5 Å². The van der Waals surface area contributed by atoms with Crippen molar-refractivity contribution in [3.05, 3.63) is 46.9 Å². The molecule has 3 N–H and O–H groups in total. The third-order valence-electron chi connectivity index (χ3n) is 6.36. The zero-order valence-electron chi connectivity index (χ0n) is 18.8. The lowest BCUT2D eigenvalue weighted by Gasteiger charge is -2.40. The predicted octanol–water partition coefficient (Wildman–Crippen LogP) is 3.16. The number of piperidine rings is 1. The van der Waals surface area contributed by atoms with Crippen LogP contribution in [0.2, 0.25) is 0 Å². The van der Waals surface area contributed by atoms with E-state index >= 15 is 0 Å². The van der Waals surface area contributed by atoms with Gasteiger partial charge < -0.3 is 25.7 Å². The van der Waals surface area contributed by atoms with Gasteiger partial charge in [0, 0.05) is 43.8 Å². The minimum Gasteiger partial charge on any atom is -0.618 e. The number of nitrogens with zero attached hydrogens (tertiary/aromatic N) is 3. The summed E-state index contributed by atoms with van der Waals surface area (Å²) in [5.41, 5.74) is 6.33. The number of nitrogens with two attached hydrogens (primary N) is 1. The molecule has 2 aromatic heterocycles. The molecule has 2 aliphatic rings. The maximum Gasteiger partial charge on any atom is 0.586 e. The van der Waals surface area contributed by atoms with Crippen LogP contribution in [0.4, 0.5) is 22.7 Å². The van der Waals surface area contributed by atoms with Crippen LogP contribution in [0, 0.1) is 5.21 Å². The Labute approximate surface area is 206 Å². The quantitative estimate of drug-likeness (QED) is 0.297. The van der Waals surface area contributed by atoms with Gasteiger partial charge in [0.15, 0.2) is 22.8 Å². The third-order valence-corrected chi connectivity index (χ3v) is 7.29. The van der Waals surface area contributed by atoms with Gasteiger partial charge in [-0.05, 0) is 12.5 Å². The summed E-state index contributed by atoms with van der Waals surface area (Å²) in [7, 11) is 0. The Hall–Kier alpha value is -3.23. The molecule has 0 radical (unpaired) electrons. The number of carbonyl (C=O) groups excluding carboxylic acids is 1. The molecule has 0 aliphatic carbocycles. The van der Waals surface area contributed by atoms with Gasteiger partial charge in [-0.2, -0.15) is 4.73 Å². The lowest BCUT2D eigenvalue weighted by Crippen LogP contribution is -2.52. The highest BCUT2D eigenvalue weighted by Crippen LogP contribution is 2.45. The number of anilines is 1. The first-order valence-electron chi connectivity index (χ1n) is 11.0. The largest absolute Gasteiger partial charge is 0.618 e. The molecule has 2 atom stereocenters. The molecule has 5 rings (SSSR count). The highest BCUT2D eigenvalue weighted by atomic mass is 32.1. The van der Waals surface area contributed by atoms with E-state index in [1.165, 1.54) is 24.3 Å². The van der Waals surface area contributed by atoms with Crippen LogP contribution in [0.3, 0.4) is 0 Å². The second kappa shape index (κ2) is 8.71. The molecule has 3 aromatic rings. The van der Waals surface area contributed by atoms with Gasteiger partial charge in [-0.25, -0.2) is 13.8 Å². The van der Waals surface area contributed by atoms with Crippen molar-refractivity contribution in [2.24, 2.45) is 5.73 Å². The molecule has 0 spiro atoms. The standard InChI is InChI=1S/C22H21F4N5O4S/c1-11(30-5-3-21(23,24)14(10-30)12-2-4-31(33)13(6-12)9-27)19(32)29-20-28-15-7-16-17(8-18(15)36-20)35-22(25,26)34-16/h2,4,6-8,11,14H,3,5,9-10,27H2,1H3,(H,28,29,32)/t11-,14+/m0/s1. The summed E-state index contributed by atoms with van der Waals surface area (Å²) in [6.07, 6.45) is -3.05. The number of hydrogen-bond donors (Lipinski definition) is 2. The number of likely N-dealkylation sites (tertiary alicyclic amines) is 1. The number of nitrogens with one attached hydrogen (secondary N) is 1. The number of ether oxygens (including phenoxy) is 2. The zero-order valence-corrected chi connectivity index (χ0v) is 19.7. The fourth-order valence-electron chi connectivity index (χ4n) is 4.35.